The van der Waals surface area contributed by atoms with Gasteiger partial charge in [-0.3, -0.25) is 0 Å². The van der Waals surface area contributed by atoms with Crippen LogP contribution in [0.3, 0.4) is 0 Å². The Hall–Kier alpha value is -1.66. The van der Waals surface area contributed by atoms with E-state index >= 15 is 0 Å². The van der Waals surface area contributed by atoms with E-state index in [0.29, 0.717) is 0 Å². The second-order valence-electron chi connectivity index (χ2n) is 10.4. The minimum absolute atomic E-state index is 0.0577. The number of hydrogen-bond donors (Lipinski definition) is 0. The van der Waals surface area contributed by atoms with Gasteiger partial charge in [0.05, 0.1) is 12.1 Å². The van der Waals surface area contributed by atoms with Crippen LogP contribution in [0.25, 0.3) is 11.4 Å². The first kappa shape index (κ1) is 27.6. The smallest absolute Gasteiger partial charge is 0.229 e. The second-order valence-corrected chi connectivity index (χ2v) is 12.4. The molecule has 1 aromatic heterocycles. The van der Waals surface area contributed by atoms with Crippen molar-refractivity contribution in [2.45, 2.75) is 104 Å². The number of rotatable bonds is 14. The fourth-order valence-electron chi connectivity index (χ4n) is 4.13. The minimum atomic E-state index is -3.60. The third-order valence-electron chi connectivity index (χ3n) is 6.33. The van der Waals surface area contributed by atoms with Gasteiger partial charge in [0, 0.05) is 14.1 Å². The van der Waals surface area contributed by atoms with Gasteiger partial charge in [0.25, 0.3) is 0 Å². The quantitative estimate of drug-likeness (QED) is 0.237. The summed E-state index contributed by atoms with van der Waals surface area (Å²) in [5.74, 6) is 0.722. The third kappa shape index (κ3) is 7.96. The van der Waals surface area contributed by atoms with Crippen molar-refractivity contribution in [3.63, 3.8) is 0 Å². The average molecular weight is 477 g/mol. The lowest BCUT2D eigenvalue weighted by atomic mass is 9.87. The monoisotopic (exact) mass is 476 g/mol. The molecule has 0 fully saturated rings. The van der Waals surface area contributed by atoms with Crippen LogP contribution in [0.2, 0.25) is 0 Å². The summed E-state index contributed by atoms with van der Waals surface area (Å²) in [6.45, 7) is 9.64. The van der Waals surface area contributed by atoms with Gasteiger partial charge >= 0.3 is 16.0 Å². The molecular weight excluding hydrogens is 430 g/mol. The highest BCUT2D eigenvalue weighted by Crippen LogP contribution is 2.26. The molecule has 2 rings (SSSR count). The van der Waals surface area contributed by atoms with Crippen LogP contribution in [0, 0.1) is 0 Å². The number of nitrogens with zero attached hydrogens (tertiary/aromatic N) is 3. The second kappa shape index (κ2) is 12.7. The summed E-state index contributed by atoms with van der Waals surface area (Å²) in [7, 11) is -0.441. The zero-order valence-electron chi connectivity index (χ0n) is 21.8. The number of aryl methyl sites for hydroxylation is 1. The van der Waals surface area contributed by atoms with Crippen molar-refractivity contribution in [3.8, 4) is 11.4 Å². The van der Waals surface area contributed by atoms with E-state index in [0.717, 1.165) is 24.4 Å². The molecule has 0 atom stereocenters. The van der Waals surface area contributed by atoms with Crippen LogP contribution in [0.5, 0.6) is 0 Å². The van der Waals surface area contributed by atoms with Gasteiger partial charge in [-0.25, -0.2) is 4.57 Å². The summed E-state index contributed by atoms with van der Waals surface area (Å²) in [6.07, 6.45) is 16.5. The Morgan fingerprint density at radius 2 is 1.36 bits per heavy atom. The number of aromatic nitrogens is 2. The van der Waals surface area contributed by atoms with Crippen LogP contribution in [0.4, 0.5) is 0 Å². The largest absolute Gasteiger partial charge is 0.379 e. The summed E-state index contributed by atoms with van der Waals surface area (Å²) in [5, 5.41) is 0. The first-order valence-electron chi connectivity index (χ1n) is 12.7. The van der Waals surface area contributed by atoms with E-state index < -0.39 is 10.2 Å². The highest BCUT2D eigenvalue weighted by molar-refractivity contribution is 7.87. The SMILES string of the molecule is CCCCCCCCCCCC[n+]1ccn(S(=O)(=O)N(C)C)c1-c1ccc(C(C)(C)C)cc1. The van der Waals surface area contributed by atoms with E-state index in [1.165, 1.54) is 71.6 Å². The molecule has 6 heteroatoms. The summed E-state index contributed by atoms with van der Waals surface area (Å²) in [5.41, 5.74) is 2.22. The van der Waals surface area contributed by atoms with Crippen molar-refractivity contribution >= 4 is 10.2 Å². The van der Waals surface area contributed by atoms with Gasteiger partial charge in [-0.05, 0) is 36.0 Å². The van der Waals surface area contributed by atoms with Gasteiger partial charge in [0.2, 0.25) is 0 Å². The first-order chi connectivity index (χ1) is 15.6. The van der Waals surface area contributed by atoms with Gasteiger partial charge in [-0.2, -0.15) is 12.7 Å². The van der Waals surface area contributed by atoms with Crippen LogP contribution in [-0.4, -0.2) is 30.8 Å². The molecule has 0 radical (unpaired) electrons. The summed E-state index contributed by atoms with van der Waals surface area (Å²) >= 11 is 0. The van der Waals surface area contributed by atoms with Crippen molar-refractivity contribution in [1.82, 2.24) is 8.28 Å². The molecule has 33 heavy (non-hydrogen) atoms. The number of hydrogen-bond acceptors (Lipinski definition) is 2. The van der Waals surface area contributed by atoms with Gasteiger partial charge < -0.3 is 0 Å². The maximum atomic E-state index is 13.0. The van der Waals surface area contributed by atoms with Crippen LogP contribution in [0.15, 0.2) is 36.7 Å². The highest BCUT2D eigenvalue weighted by Gasteiger charge is 2.31. The highest BCUT2D eigenvalue weighted by atomic mass is 32.2. The molecule has 5 nitrogen and oxygen atoms in total. The Bertz CT molecular complexity index is 939. The maximum absolute atomic E-state index is 13.0. The number of unbranched alkanes of at least 4 members (excludes halogenated alkanes) is 9. The molecule has 0 amide bonds. The maximum Gasteiger partial charge on any atom is 0.379 e. The number of imidazole rings is 1. The zero-order valence-corrected chi connectivity index (χ0v) is 22.6. The Morgan fingerprint density at radius 1 is 0.848 bits per heavy atom. The van der Waals surface area contributed by atoms with Crippen molar-refractivity contribution in [2.75, 3.05) is 14.1 Å². The fraction of sp³-hybridized carbons (Fsp3) is 0.667. The Morgan fingerprint density at radius 3 is 1.85 bits per heavy atom. The van der Waals surface area contributed by atoms with Crippen LogP contribution >= 0.6 is 0 Å². The van der Waals surface area contributed by atoms with Gasteiger partial charge in [0.15, 0.2) is 0 Å². The molecule has 2 aromatic rings. The summed E-state index contributed by atoms with van der Waals surface area (Å²) in [4.78, 5) is 0. The predicted octanol–water partition coefficient (Wildman–Crippen LogP) is 6.32. The molecule has 186 valence electrons. The van der Waals surface area contributed by atoms with Crippen molar-refractivity contribution in [3.05, 3.63) is 42.2 Å². The van der Waals surface area contributed by atoms with Gasteiger partial charge in [-0.1, -0.05) is 91.2 Å². The lowest BCUT2D eigenvalue weighted by Crippen LogP contribution is -2.37. The lowest BCUT2D eigenvalue weighted by molar-refractivity contribution is -0.685. The molecule has 1 aromatic carbocycles. The minimum Gasteiger partial charge on any atom is -0.229 e. The van der Waals surface area contributed by atoms with Crippen LogP contribution < -0.4 is 4.57 Å². The summed E-state index contributed by atoms with van der Waals surface area (Å²) < 4.78 is 30.7. The van der Waals surface area contributed by atoms with E-state index in [-0.39, 0.29) is 5.41 Å². The topological polar surface area (TPSA) is 46.2 Å². The zero-order chi connectivity index (χ0) is 24.5. The van der Waals surface area contributed by atoms with E-state index in [1.807, 2.05) is 18.3 Å². The van der Waals surface area contributed by atoms with E-state index in [1.54, 1.807) is 20.3 Å². The van der Waals surface area contributed by atoms with Crippen molar-refractivity contribution in [2.24, 2.45) is 0 Å². The molecule has 0 bridgehead atoms. The van der Waals surface area contributed by atoms with E-state index in [4.69, 9.17) is 0 Å². The predicted molar refractivity (Wildman–Crippen MR) is 139 cm³/mol. The molecule has 0 saturated heterocycles. The molecule has 0 N–H and O–H groups in total. The molecule has 0 unspecified atom stereocenters. The molecular formula is C27H46N3O2S+. The van der Waals surface area contributed by atoms with Gasteiger partial charge in [0.1, 0.15) is 12.4 Å². The molecule has 0 aliphatic rings. The van der Waals surface area contributed by atoms with Crippen molar-refractivity contribution in [1.29, 1.82) is 0 Å². The standard InChI is InChI=1S/C27H46N3O2S/c1-7-8-9-10-11-12-13-14-15-16-21-29-22-23-30(33(31,32)28(5)6)26(29)24-17-19-25(20-18-24)27(2,3)4/h17-20,22-23H,7-16,21H2,1-6H3/q+1. The van der Waals surface area contributed by atoms with Crippen LogP contribution in [-0.2, 0) is 22.2 Å². The summed E-state index contributed by atoms with van der Waals surface area (Å²) in [6, 6.07) is 8.32. The average Bonchev–Trinajstić information content (AvgIpc) is 3.19. The molecule has 0 aliphatic carbocycles. The van der Waals surface area contributed by atoms with Gasteiger partial charge in [-0.15, -0.1) is 3.97 Å². The van der Waals surface area contributed by atoms with E-state index in [2.05, 4.69) is 44.4 Å². The van der Waals surface area contributed by atoms with Crippen molar-refractivity contribution < 1.29 is 13.0 Å². The first-order valence-corrected chi connectivity index (χ1v) is 14.1. The fourth-order valence-corrected chi connectivity index (χ4v) is 5.12. The lowest BCUT2D eigenvalue weighted by Gasteiger charge is -2.19. The number of benzene rings is 1. The van der Waals surface area contributed by atoms with E-state index in [9.17, 15) is 8.42 Å². The molecule has 0 saturated carbocycles. The third-order valence-corrected chi connectivity index (χ3v) is 8.05. The van der Waals surface area contributed by atoms with Crippen LogP contribution in [0.1, 0.15) is 97.5 Å². The Kier molecular flexibility index (Phi) is 10.6. The molecule has 1 heterocycles. The Labute approximate surface area is 203 Å². The Balaban J connectivity index is 2.07. The molecule has 0 aliphatic heterocycles. The molecule has 0 spiro atoms. The normalized spacial score (nSPS) is 12.6.